The average Bonchev–Trinajstić information content (AvgIpc) is 3.26. The molecule has 5 atom stereocenters. The second kappa shape index (κ2) is 9.24. The topological polar surface area (TPSA) is 141 Å². The molecular formula is C22H36N8O4S. The van der Waals surface area contributed by atoms with Gasteiger partial charge in [-0.2, -0.15) is 9.98 Å². The van der Waals surface area contributed by atoms with Crippen molar-refractivity contribution in [3.8, 4) is 6.07 Å². The van der Waals surface area contributed by atoms with Crippen LogP contribution < -0.4 is 15.6 Å². The molecule has 5 rings (SSSR count). The zero-order valence-electron chi connectivity index (χ0n) is 20.4. The lowest BCUT2D eigenvalue weighted by Gasteiger charge is -2.49. The van der Waals surface area contributed by atoms with Crippen LogP contribution in [0.2, 0.25) is 0 Å². The van der Waals surface area contributed by atoms with Crippen molar-refractivity contribution in [3.05, 3.63) is 0 Å². The number of carbonyl (C=O) groups is 2. The molecule has 3 saturated heterocycles. The molecule has 2 saturated carbocycles. The molecule has 0 aromatic heterocycles. The van der Waals surface area contributed by atoms with Crippen molar-refractivity contribution in [3.63, 3.8) is 0 Å². The van der Waals surface area contributed by atoms with E-state index in [4.69, 9.17) is 0 Å². The molecular weight excluding hydrogens is 472 g/mol. The van der Waals surface area contributed by atoms with Crippen LogP contribution in [-0.2, 0) is 14.8 Å². The molecule has 0 aromatic rings. The normalized spacial score (nSPS) is 35.9. The Balaban J connectivity index is 1.36. The maximum atomic E-state index is 13.7. The Kier molecular flexibility index (Phi) is 6.56. The first kappa shape index (κ1) is 24.9. The molecule has 2 aliphatic carbocycles. The molecule has 12 nitrogen and oxygen atoms in total. The fourth-order valence-electron chi connectivity index (χ4n) is 6.11. The molecule has 3 heterocycles. The van der Waals surface area contributed by atoms with Gasteiger partial charge in [0.2, 0.25) is 15.9 Å². The van der Waals surface area contributed by atoms with E-state index in [1.807, 2.05) is 29.0 Å². The largest absolute Gasteiger partial charge is 0.326 e. The Hall–Kier alpha value is -1.82. The second-order valence-electron chi connectivity index (χ2n) is 11.1. The number of nitrogens with one attached hydrogen (secondary N) is 3. The van der Waals surface area contributed by atoms with Gasteiger partial charge in [0.15, 0.2) is 0 Å². The van der Waals surface area contributed by atoms with Crippen molar-refractivity contribution in [1.82, 2.24) is 35.4 Å². The fraction of sp³-hybridized carbons (Fsp3) is 0.864. The molecule has 13 heteroatoms. The lowest BCUT2D eigenvalue weighted by molar-refractivity contribution is -0.141. The summed E-state index contributed by atoms with van der Waals surface area (Å²) in [5.74, 6) is -0.443. The third-order valence-corrected chi connectivity index (χ3v) is 10.2. The average molecular weight is 509 g/mol. The standard InChI is InChI=1S/C22H36N8O4S/c1-27-10-15(8-24-27)12-29-19-4-3-17(35(33,34)26-22(14-23)5-6-22)7-18(19)20(31)30(21(29)32)13-16-9-25-28(2)11-16/h15-19,24-26H,3-13H2,1-2H3. The van der Waals surface area contributed by atoms with Crippen LogP contribution in [0.4, 0.5) is 4.79 Å². The van der Waals surface area contributed by atoms with Gasteiger partial charge in [0, 0.05) is 71.2 Å². The fourth-order valence-corrected chi connectivity index (χ4v) is 7.98. The number of imide groups is 1. The smallest absolute Gasteiger partial charge is 0.320 e. The molecule has 35 heavy (non-hydrogen) atoms. The Bertz CT molecular complexity index is 1010. The van der Waals surface area contributed by atoms with Crippen molar-refractivity contribution in [2.75, 3.05) is 53.4 Å². The first-order chi connectivity index (χ1) is 16.6. The molecule has 0 spiro atoms. The van der Waals surface area contributed by atoms with Crippen LogP contribution in [-0.4, -0.2) is 110 Å². The van der Waals surface area contributed by atoms with Crippen molar-refractivity contribution >= 4 is 22.0 Å². The van der Waals surface area contributed by atoms with Crippen LogP contribution >= 0.6 is 0 Å². The van der Waals surface area contributed by atoms with Crippen LogP contribution in [0.3, 0.4) is 0 Å². The first-order valence-electron chi connectivity index (χ1n) is 12.6. The lowest BCUT2D eigenvalue weighted by atomic mass is 9.80. The summed E-state index contributed by atoms with van der Waals surface area (Å²) in [6, 6.07) is 1.54. The van der Waals surface area contributed by atoms with Crippen molar-refractivity contribution in [2.45, 2.75) is 48.9 Å². The molecule has 0 radical (unpaired) electrons. The molecule has 3 amide bonds. The minimum Gasteiger partial charge on any atom is -0.320 e. The zero-order chi connectivity index (χ0) is 25.0. The first-order valence-corrected chi connectivity index (χ1v) is 14.1. The Morgan fingerprint density at radius 3 is 2.23 bits per heavy atom. The summed E-state index contributed by atoms with van der Waals surface area (Å²) in [5.41, 5.74) is 5.52. The summed E-state index contributed by atoms with van der Waals surface area (Å²) in [7, 11) is 0.151. The molecule has 194 valence electrons. The number of sulfonamides is 1. The SMILES string of the molecule is CN1CC(CN2C(=O)C3CC(S(=O)(=O)NC4(C#N)CC4)CCC3N(CC3CNN(C)C3)C2=O)CN1. The van der Waals surface area contributed by atoms with Gasteiger partial charge in [-0.1, -0.05) is 0 Å². The number of fused-ring (bicyclic) bond motifs is 1. The third-order valence-electron chi connectivity index (χ3n) is 8.23. The zero-order valence-corrected chi connectivity index (χ0v) is 21.3. The monoisotopic (exact) mass is 508 g/mol. The van der Waals surface area contributed by atoms with Gasteiger partial charge in [0.25, 0.3) is 0 Å². The number of hydrazine groups is 2. The predicted octanol–water partition coefficient (Wildman–Crippen LogP) is -1.10. The van der Waals surface area contributed by atoms with Gasteiger partial charge in [-0.15, -0.1) is 0 Å². The summed E-state index contributed by atoms with van der Waals surface area (Å²) < 4.78 is 28.9. The van der Waals surface area contributed by atoms with Crippen LogP contribution in [0, 0.1) is 29.1 Å². The van der Waals surface area contributed by atoms with E-state index in [0.29, 0.717) is 45.3 Å². The molecule has 5 aliphatic rings. The van der Waals surface area contributed by atoms with E-state index >= 15 is 0 Å². The van der Waals surface area contributed by atoms with Gasteiger partial charge in [-0.3, -0.25) is 20.5 Å². The van der Waals surface area contributed by atoms with E-state index < -0.39 is 26.7 Å². The van der Waals surface area contributed by atoms with E-state index in [1.165, 1.54) is 4.90 Å². The number of rotatable bonds is 7. The molecule has 0 bridgehead atoms. The summed E-state index contributed by atoms with van der Waals surface area (Å²) in [6.07, 6.45) is 2.04. The van der Waals surface area contributed by atoms with Gasteiger partial charge in [-0.05, 0) is 32.1 Å². The maximum absolute atomic E-state index is 13.7. The lowest BCUT2D eigenvalue weighted by Crippen LogP contribution is -2.65. The van der Waals surface area contributed by atoms with E-state index in [-0.39, 0.29) is 36.2 Å². The Morgan fingerprint density at radius 1 is 1.06 bits per heavy atom. The van der Waals surface area contributed by atoms with Crippen molar-refractivity contribution < 1.29 is 18.0 Å². The Morgan fingerprint density at radius 2 is 1.69 bits per heavy atom. The number of urea groups is 1. The third kappa shape index (κ3) is 4.92. The van der Waals surface area contributed by atoms with Gasteiger partial charge < -0.3 is 4.90 Å². The minimum absolute atomic E-state index is 0.126. The molecule has 5 unspecified atom stereocenters. The number of nitrogens with zero attached hydrogens (tertiary/aromatic N) is 5. The molecule has 3 aliphatic heterocycles. The quantitative estimate of drug-likeness (QED) is 0.391. The van der Waals surface area contributed by atoms with Gasteiger partial charge >= 0.3 is 6.03 Å². The van der Waals surface area contributed by atoms with E-state index in [0.717, 1.165) is 19.6 Å². The molecule has 0 aromatic carbocycles. The van der Waals surface area contributed by atoms with E-state index in [9.17, 15) is 23.3 Å². The van der Waals surface area contributed by atoms with Gasteiger partial charge in [0.05, 0.1) is 17.2 Å². The molecule has 3 N–H and O–H groups in total. The predicted molar refractivity (Wildman–Crippen MR) is 127 cm³/mol. The summed E-state index contributed by atoms with van der Waals surface area (Å²) in [4.78, 5) is 30.5. The highest BCUT2D eigenvalue weighted by Gasteiger charge is 2.53. The number of hydrogen-bond acceptors (Lipinski definition) is 9. The van der Waals surface area contributed by atoms with Crippen LogP contribution in [0.25, 0.3) is 0 Å². The van der Waals surface area contributed by atoms with E-state index in [2.05, 4.69) is 21.6 Å². The Labute approximate surface area is 206 Å². The second-order valence-corrected chi connectivity index (χ2v) is 13.0. The van der Waals surface area contributed by atoms with Crippen LogP contribution in [0.1, 0.15) is 32.1 Å². The highest BCUT2D eigenvalue weighted by molar-refractivity contribution is 7.90. The maximum Gasteiger partial charge on any atom is 0.326 e. The highest BCUT2D eigenvalue weighted by atomic mass is 32.2. The minimum atomic E-state index is -3.75. The van der Waals surface area contributed by atoms with Gasteiger partial charge in [-0.25, -0.2) is 23.2 Å². The molecule has 5 fully saturated rings. The van der Waals surface area contributed by atoms with Crippen LogP contribution in [0.5, 0.6) is 0 Å². The van der Waals surface area contributed by atoms with Gasteiger partial charge in [0.1, 0.15) is 5.54 Å². The highest BCUT2D eigenvalue weighted by Crippen LogP contribution is 2.40. The summed E-state index contributed by atoms with van der Waals surface area (Å²) >= 11 is 0. The number of amides is 3. The number of hydrogen-bond donors (Lipinski definition) is 3. The van der Waals surface area contributed by atoms with Crippen molar-refractivity contribution in [2.24, 2.45) is 17.8 Å². The van der Waals surface area contributed by atoms with Crippen molar-refractivity contribution in [1.29, 1.82) is 5.26 Å². The number of carbonyl (C=O) groups excluding carboxylic acids is 2. The number of nitriles is 1. The van der Waals surface area contributed by atoms with Crippen LogP contribution in [0.15, 0.2) is 0 Å². The van der Waals surface area contributed by atoms with E-state index in [1.54, 1.807) is 0 Å². The summed E-state index contributed by atoms with van der Waals surface area (Å²) in [5, 5.41) is 12.6. The summed E-state index contributed by atoms with van der Waals surface area (Å²) in [6.45, 7) is 3.86.